The van der Waals surface area contributed by atoms with Crippen molar-refractivity contribution >= 4 is 18.2 Å². The standard InChI is InChI=1S/C13H17NO3.ClH/c1-16-7-6-14-8-10-9-17-12-5-3-2-4-11(12)13(10)15;/h2-5,10,14H,6-9H2,1H3;1H. The zero-order valence-corrected chi connectivity index (χ0v) is 11.2. The summed E-state index contributed by atoms with van der Waals surface area (Å²) in [5.41, 5.74) is 0.692. The maximum atomic E-state index is 12.1. The summed E-state index contributed by atoms with van der Waals surface area (Å²) in [5.74, 6) is 0.768. The second-order valence-corrected chi connectivity index (χ2v) is 4.07. The summed E-state index contributed by atoms with van der Waals surface area (Å²) >= 11 is 0. The van der Waals surface area contributed by atoms with E-state index in [1.165, 1.54) is 0 Å². The van der Waals surface area contributed by atoms with Crippen molar-refractivity contribution in [2.45, 2.75) is 0 Å². The molecule has 18 heavy (non-hydrogen) atoms. The summed E-state index contributed by atoms with van der Waals surface area (Å²) in [6.07, 6.45) is 0. The molecule has 100 valence electrons. The van der Waals surface area contributed by atoms with E-state index in [4.69, 9.17) is 9.47 Å². The maximum absolute atomic E-state index is 12.1. The molecule has 4 nitrogen and oxygen atoms in total. The van der Waals surface area contributed by atoms with Crippen LogP contribution in [0.2, 0.25) is 0 Å². The van der Waals surface area contributed by atoms with E-state index < -0.39 is 0 Å². The van der Waals surface area contributed by atoms with Crippen LogP contribution >= 0.6 is 12.4 Å². The molecular weight excluding hydrogens is 254 g/mol. The van der Waals surface area contributed by atoms with E-state index in [0.29, 0.717) is 31.1 Å². The van der Waals surface area contributed by atoms with Crippen molar-refractivity contribution in [3.63, 3.8) is 0 Å². The number of carbonyl (C=O) groups is 1. The Kier molecular flexibility index (Phi) is 6.12. The highest BCUT2D eigenvalue weighted by Gasteiger charge is 2.27. The average Bonchev–Trinajstić information content (AvgIpc) is 2.37. The first-order chi connectivity index (χ1) is 8.33. The molecule has 0 bridgehead atoms. The third-order valence-electron chi connectivity index (χ3n) is 2.84. The monoisotopic (exact) mass is 271 g/mol. The Morgan fingerprint density at radius 3 is 3.00 bits per heavy atom. The molecule has 1 aliphatic rings. The van der Waals surface area contributed by atoms with E-state index in [-0.39, 0.29) is 24.1 Å². The molecule has 1 aromatic rings. The number of hydrogen-bond acceptors (Lipinski definition) is 4. The second kappa shape index (κ2) is 7.36. The number of fused-ring (bicyclic) bond motifs is 1. The van der Waals surface area contributed by atoms with Gasteiger partial charge < -0.3 is 14.8 Å². The lowest BCUT2D eigenvalue weighted by atomic mass is 9.95. The minimum atomic E-state index is -0.0956. The third-order valence-corrected chi connectivity index (χ3v) is 2.84. The van der Waals surface area contributed by atoms with Crippen molar-refractivity contribution in [1.29, 1.82) is 0 Å². The van der Waals surface area contributed by atoms with Crippen molar-refractivity contribution in [2.24, 2.45) is 5.92 Å². The van der Waals surface area contributed by atoms with E-state index >= 15 is 0 Å². The smallest absolute Gasteiger partial charge is 0.174 e. The number of benzene rings is 1. The van der Waals surface area contributed by atoms with Gasteiger partial charge in [-0.05, 0) is 12.1 Å². The minimum absolute atomic E-state index is 0. The van der Waals surface area contributed by atoms with Gasteiger partial charge in [-0.2, -0.15) is 0 Å². The van der Waals surface area contributed by atoms with Crippen molar-refractivity contribution in [2.75, 3.05) is 33.4 Å². The molecule has 5 heteroatoms. The van der Waals surface area contributed by atoms with Crippen LogP contribution in [0.5, 0.6) is 5.75 Å². The predicted octanol–water partition coefficient (Wildman–Crippen LogP) is 1.54. The number of methoxy groups -OCH3 is 1. The van der Waals surface area contributed by atoms with Crippen LogP contribution in [0.25, 0.3) is 0 Å². The molecule has 0 radical (unpaired) electrons. The molecular formula is C13H18ClNO3. The molecule has 2 rings (SSSR count). The van der Waals surface area contributed by atoms with Crippen LogP contribution in [0.15, 0.2) is 24.3 Å². The Balaban J connectivity index is 0.00000162. The van der Waals surface area contributed by atoms with Gasteiger partial charge in [-0.3, -0.25) is 4.79 Å². The largest absolute Gasteiger partial charge is 0.492 e. The summed E-state index contributed by atoms with van der Waals surface area (Å²) in [7, 11) is 1.66. The van der Waals surface area contributed by atoms with Crippen LogP contribution in [0.4, 0.5) is 0 Å². The third kappa shape index (κ3) is 3.45. The topological polar surface area (TPSA) is 47.6 Å². The fourth-order valence-electron chi connectivity index (χ4n) is 1.88. The van der Waals surface area contributed by atoms with Crippen LogP contribution in [0.1, 0.15) is 10.4 Å². The normalized spacial score (nSPS) is 17.6. The Bertz CT molecular complexity index is 398. The zero-order valence-electron chi connectivity index (χ0n) is 10.3. The van der Waals surface area contributed by atoms with E-state index in [1.54, 1.807) is 7.11 Å². The first-order valence-corrected chi connectivity index (χ1v) is 5.78. The van der Waals surface area contributed by atoms with Gasteiger partial charge >= 0.3 is 0 Å². The lowest BCUT2D eigenvalue weighted by Gasteiger charge is -2.24. The first kappa shape index (κ1) is 15.0. The number of para-hydroxylation sites is 1. The summed E-state index contributed by atoms with van der Waals surface area (Å²) in [5, 5.41) is 3.19. The number of carbonyl (C=O) groups excluding carboxylic acids is 1. The van der Waals surface area contributed by atoms with Gasteiger partial charge in [0.05, 0.1) is 24.7 Å². The molecule has 1 aliphatic heterocycles. The molecule has 0 spiro atoms. The van der Waals surface area contributed by atoms with Gasteiger partial charge in [0.2, 0.25) is 0 Å². The molecule has 1 N–H and O–H groups in total. The van der Waals surface area contributed by atoms with Crippen molar-refractivity contribution < 1.29 is 14.3 Å². The van der Waals surface area contributed by atoms with Gasteiger partial charge in [0.25, 0.3) is 0 Å². The number of halogens is 1. The van der Waals surface area contributed by atoms with Crippen molar-refractivity contribution in [3.05, 3.63) is 29.8 Å². The van der Waals surface area contributed by atoms with Gasteiger partial charge in [0.1, 0.15) is 5.75 Å². The van der Waals surface area contributed by atoms with Gasteiger partial charge in [-0.25, -0.2) is 0 Å². The van der Waals surface area contributed by atoms with E-state index in [1.807, 2.05) is 24.3 Å². The zero-order chi connectivity index (χ0) is 12.1. The SMILES string of the molecule is COCCNCC1COc2ccccc2C1=O.Cl. The van der Waals surface area contributed by atoms with Crippen LogP contribution in [0, 0.1) is 5.92 Å². The van der Waals surface area contributed by atoms with Gasteiger partial charge in [-0.15, -0.1) is 12.4 Å². The van der Waals surface area contributed by atoms with Crippen LogP contribution in [-0.4, -0.2) is 39.2 Å². The average molecular weight is 272 g/mol. The highest BCUT2D eigenvalue weighted by atomic mass is 35.5. The number of hydrogen-bond donors (Lipinski definition) is 1. The van der Waals surface area contributed by atoms with Crippen molar-refractivity contribution in [3.8, 4) is 5.75 Å². The molecule has 0 amide bonds. The molecule has 0 saturated heterocycles. The summed E-state index contributed by atoms with van der Waals surface area (Å²) in [4.78, 5) is 12.1. The molecule has 0 saturated carbocycles. The summed E-state index contributed by atoms with van der Waals surface area (Å²) < 4.78 is 10.5. The molecule has 1 unspecified atom stereocenters. The number of nitrogens with one attached hydrogen (secondary N) is 1. The lowest BCUT2D eigenvalue weighted by molar-refractivity contribution is 0.0826. The molecule has 1 atom stereocenters. The fourth-order valence-corrected chi connectivity index (χ4v) is 1.88. The summed E-state index contributed by atoms with van der Waals surface area (Å²) in [6, 6.07) is 7.39. The lowest BCUT2D eigenvalue weighted by Crippen LogP contribution is -2.37. The number of ketones is 1. The van der Waals surface area contributed by atoms with E-state index in [2.05, 4.69) is 5.32 Å². The first-order valence-electron chi connectivity index (χ1n) is 5.78. The molecule has 1 heterocycles. The van der Waals surface area contributed by atoms with Crippen LogP contribution in [-0.2, 0) is 4.74 Å². The molecule has 0 aliphatic carbocycles. The fraction of sp³-hybridized carbons (Fsp3) is 0.462. The van der Waals surface area contributed by atoms with Crippen LogP contribution in [0.3, 0.4) is 0 Å². The second-order valence-electron chi connectivity index (χ2n) is 4.07. The van der Waals surface area contributed by atoms with Crippen LogP contribution < -0.4 is 10.1 Å². The number of rotatable bonds is 5. The highest BCUT2D eigenvalue weighted by Crippen LogP contribution is 2.26. The molecule has 0 fully saturated rings. The van der Waals surface area contributed by atoms with E-state index in [0.717, 1.165) is 6.54 Å². The molecule has 1 aromatic carbocycles. The highest BCUT2D eigenvalue weighted by molar-refractivity contribution is 6.01. The van der Waals surface area contributed by atoms with Gasteiger partial charge in [0, 0.05) is 20.2 Å². The Labute approximate surface area is 113 Å². The minimum Gasteiger partial charge on any atom is -0.492 e. The predicted molar refractivity (Wildman–Crippen MR) is 71.8 cm³/mol. The number of Topliss-reactive ketones (excluding diaryl/α,β-unsaturated/α-hetero) is 1. The summed E-state index contributed by atoms with van der Waals surface area (Å²) in [6.45, 7) is 2.49. The Hall–Kier alpha value is -1.10. The van der Waals surface area contributed by atoms with Gasteiger partial charge in [0.15, 0.2) is 5.78 Å². The van der Waals surface area contributed by atoms with Crippen molar-refractivity contribution in [1.82, 2.24) is 5.32 Å². The number of ether oxygens (including phenoxy) is 2. The Morgan fingerprint density at radius 1 is 1.44 bits per heavy atom. The van der Waals surface area contributed by atoms with Gasteiger partial charge in [-0.1, -0.05) is 12.1 Å². The van der Waals surface area contributed by atoms with E-state index in [9.17, 15) is 4.79 Å². The quantitative estimate of drug-likeness (QED) is 0.826. The maximum Gasteiger partial charge on any atom is 0.174 e. The molecule has 0 aromatic heterocycles. The Morgan fingerprint density at radius 2 is 2.22 bits per heavy atom.